The summed E-state index contributed by atoms with van der Waals surface area (Å²) < 4.78 is 9.98. The van der Waals surface area contributed by atoms with Crippen LogP contribution in [-0.4, -0.2) is 38.0 Å². The number of carbonyl (C=O) groups is 3. The van der Waals surface area contributed by atoms with Crippen LogP contribution < -0.4 is 15.4 Å². The Bertz CT molecular complexity index is 818. The number of ether oxygens (including phenoxy) is 2. The van der Waals surface area contributed by atoms with Crippen LogP contribution in [0.3, 0.4) is 0 Å². The third-order valence-electron chi connectivity index (χ3n) is 4.02. The molecule has 7 heteroatoms. The molecule has 2 rings (SSSR count). The second kappa shape index (κ2) is 10.7. The van der Waals surface area contributed by atoms with Crippen molar-refractivity contribution in [1.82, 2.24) is 10.6 Å². The van der Waals surface area contributed by atoms with Gasteiger partial charge in [0.05, 0.1) is 13.5 Å². The molecule has 0 bridgehead atoms. The third-order valence-corrected chi connectivity index (χ3v) is 4.02. The molecule has 0 spiro atoms. The molecule has 0 aromatic heterocycles. The van der Waals surface area contributed by atoms with Crippen molar-refractivity contribution in [2.75, 3.05) is 20.3 Å². The van der Waals surface area contributed by atoms with Gasteiger partial charge in [-0.2, -0.15) is 0 Å². The SMILES string of the molecule is COc1ccc(CNC(=O)COC(=O)CCNC(=O)c2ccccc2C)cc1. The molecule has 2 N–H and O–H groups in total. The van der Waals surface area contributed by atoms with Crippen LogP contribution in [0, 0.1) is 6.92 Å². The van der Waals surface area contributed by atoms with Gasteiger partial charge in [0, 0.05) is 18.7 Å². The number of esters is 1. The van der Waals surface area contributed by atoms with Crippen LogP contribution in [0.1, 0.15) is 27.9 Å². The Hall–Kier alpha value is -3.35. The molecule has 0 heterocycles. The molecule has 0 atom stereocenters. The van der Waals surface area contributed by atoms with Gasteiger partial charge in [0.15, 0.2) is 6.61 Å². The smallest absolute Gasteiger partial charge is 0.308 e. The highest BCUT2D eigenvalue weighted by Crippen LogP contribution is 2.10. The van der Waals surface area contributed by atoms with Crippen LogP contribution in [0.2, 0.25) is 0 Å². The second-order valence-corrected chi connectivity index (χ2v) is 6.11. The number of aryl methyl sites for hydroxylation is 1. The predicted molar refractivity (Wildman–Crippen MR) is 104 cm³/mol. The van der Waals surface area contributed by atoms with Crippen molar-refractivity contribution >= 4 is 17.8 Å². The molecule has 148 valence electrons. The molecule has 7 nitrogen and oxygen atoms in total. The second-order valence-electron chi connectivity index (χ2n) is 6.11. The molecular formula is C21H24N2O5. The number of rotatable bonds is 9. The summed E-state index contributed by atoms with van der Waals surface area (Å²) in [7, 11) is 1.58. The fourth-order valence-corrected chi connectivity index (χ4v) is 2.41. The maximum atomic E-state index is 12.0. The number of hydrogen-bond acceptors (Lipinski definition) is 5. The fourth-order valence-electron chi connectivity index (χ4n) is 2.41. The standard InChI is InChI=1S/C21H24N2O5/c1-15-5-3-4-6-18(15)21(26)22-12-11-20(25)28-14-19(24)23-13-16-7-9-17(27-2)10-8-16/h3-10H,11-14H2,1-2H3,(H,22,26)(H,23,24). The number of hydrogen-bond donors (Lipinski definition) is 2. The molecule has 2 aromatic rings. The Morgan fingerprint density at radius 1 is 0.964 bits per heavy atom. The topological polar surface area (TPSA) is 93.7 Å². The highest BCUT2D eigenvalue weighted by Gasteiger charge is 2.10. The van der Waals surface area contributed by atoms with Gasteiger partial charge in [-0.3, -0.25) is 14.4 Å². The summed E-state index contributed by atoms with van der Waals surface area (Å²) in [5.74, 6) is -0.459. The van der Waals surface area contributed by atoms with Gasteiger partial charge in [-0.25, -0.2) is 0 Å². The zero-order chi connectivity index (χ0) is 20.4. The molecule has 28 heavy (non-hydrogen) atoms. The average molecular weight is 384 g/mol. The summed E-state index contributed by atoms with van der Waals surface area (Å²) in [4.78, 5) is 35.5. The molecular weight excluding hydrogens is 360 g/mol. The number of methoxy groups -OCH3 is 1. The molecule has 0 radical (unpaired) electrons. The maximum Gasteiger partial charge on any atom is 0.308 e. The monoisotopic (exact) mass is 384 g/mol. The zero-order valence-electron chi connectivity index (χ0n) is 16.0. The van der Waals surface area contributed by atoms with Gasteiger partial charge in [-0.05, 0) is 36.2 Å². The summed E-state index contributed by atoms with van der Waals surface area (Å²) in [5, 5.41) is 5.33. The van der Waals surface area contributed by atoms with Crippen molar-refractivity contribution in [3.63, 3.8) is 0 Å². The van der Waals surface area contributed by atoms with Gasteiger partial charge in [-0.1, -0.05) is 30.3 Å². The molecule has 0 saturated carbocycles. The molecule has 0 aliphatic rings. The van der Waals surface area contributed by atoms with Crippen molar-refractivity contribution in [2.45, 2.75) is 19.9 Å². The van der Waals surface area contributed by atoms with Crippen LogP contribution in [-0.2, 0) is 20.9 Å². The van der Waals surface area contributed by atoms with E-state index in [9.17, 15) is 14.4 Å². The summed E-state index contributed by atoms with van der Waals surface area (Å²) in [6.45, 7) is 1.95. The molecule has 2 aromatic carbocycles. The van der Waals surface area contributed by atoms with E-state index in [1.165, 1.54) is 0 Å². The summed E-state index contributed by atoms with van der Waals surface area (Å²) >= 11 is 0. The van der Waals surface area contributed by atoms with Gasteiger partial charge < -0.3 is 20.1 Å². The van der Waals surface area contributed by atoms with Gasteiger partial charge in [0.25, 0.3) is 11.8 Å². The molecule has 0 saturated heterocycles. The van der Waals surface area contributed by atoms with Gasteiger partial charge >= 0.3 is 5.97 Å². The van der Waals surface area contributed by atoms with E-state index in [0.717, 1.165) is 16.9 Å². The van der Waals surface area contributed by atoms with Gasteiger partial charge in [0.2, 0.25) is 0 Å². The molecule has 0 aliphatic heterocycles. The highest BCUT2D eigenvalue weighted by molar-refractivity contribution is 5.95. The van der Waals surface area contributed by atoms with Gasteiger partial charge in [0.1, 0.15) is 5.75 Å². The van der Waals surface area contributed by atoms with Crippen molar-refractivity contribution in [1.29, 1.82) is 0 Å². The Kier molecular flexibility index (Phi) is 8.02. The van der Waals surface area contributed by atoms with Crippen LogP contribution in [0.15, 0.2) is 48.5 Å². The number of nitrogens with one attached hydrogen (secondary N) is 2. The summed E-state index contributed by atoms with van der Waals surface area (Å²) in [6.07, 6.45) is -0.0105. The number of carbonyl (C=O) groups excluding carboxylic acids is 3. The number of amides is 2. The van der Waals surface area contributed by atoms with E-state index >= 15 is 0 Å². The first-order chi connectivity index (χ1) is 13.5. The van der Waals surface area contributed by atoms with E-state index in [-0.39, 0.29) is 25.5 Å². The lowest BCUT2D eigenvalue weighted by molar-refractivity contribution is -0.148. The maximum absolute atomic E-state index is 12.0. The van der Waals surface area contributed by atoms with E-state index in [2.05, 4.69) is 10.6 Å². The summed E-state index contributed by atoms with van der Waals surface area (Å²) in [6, 6.07) is 14.5. The van der Waals surface area contributed by atoms with Gasteiger partial charge in [-0.15, -0.1) is 0 Å². The van der Waals surface area contributed by atoms with E-state index in [1.54, 1.807) is 31.4 Å². The first kappa shape index (κ1) is 21.0. The average Bonchev–Trinajstić information content (AvgIpc) is 2.71. The molecule has 2 amide bonds. The lowest BCUT2D eigenvalue weighted by Crippen LogP contribution is -2.30. The minimum Gasteiger partial charge on any atom is -0.497 e. The van der Waals surface area contributed by atoms with E-state index < -0.39 is 11.9 Å². The Balaban J connectivity index is 1.62. The first-order valence-corrected chi connectivity index (χ1v) is 8.88. The van der Waals surface area contributed by atoms with Crippen LogP contribution in [0.25, 0.3) is 0 Å². The minimum atomic E-state index is -0.551. The fraction of sp³-hybridized carbons (Fsp3) is 0.286. The lowest BCUT2D eigenvalue weighted by Gasteiger charge is -2.09. The van der Waals surface area contributed by atoms with Crippen molar-refractivity contribution in [2.24, 2.45) is 0 Å². The zero-order valence-corrected chi connectivity index (χ0v) is 16.0. The molecule has 0 aliphatic carbocycles. The van der Waals surface area contributed by atoms with Crippen LogP contribution in [0.4, 0.5) is 0 Å². The largest absolute Gasteiger partial charge is 0.497 e. The molecule has 0 fully saturated rings. The van der Waals surface area contributed by atoms with E-state index in [1.807, 2.05) is 31.2 Å². The Labute approximate surface area is 164 Å². The Morgan fingerprint density at radius 2 is 1.68 bits per heavy atom. The lowest BCUT2D eigenvalue weighted by atomic mass is 10.1. The van der Waals surface area contributed by atoms with Crippen LogP contribution >= 0.6 is 0 Å². The first-order valence-electron chi connectivity index (χ1n) is 8.88. The summed E-state index contributed by atoms with van der Waals surface area (Å²) in [5.41, 5.74) is 2.32. The predicted octanol–water partition coefficient (Wildman–Crippen LogP) is 1.98. The normalized spacial score (nSPS) is 10.1. The van der Waals surface area contributed by atoms with Crippen molar-refractivity contribution in [3.8, 4) is 5.75 Å². The number of benzene rings is 2. The molecule has 0 unspecified atom stereocenters. The minimum absolute atomic E-state index is 0.0105. The van der Waals surface area contributed by atoms with Crippen LogP contribution in [0.5, 0.6) is 5.75 Å². The Morgan fingerprint density at radius 3 is 2.36 bits per heavy atom. The third kappa shape index (κ3) is 6.75. The quantitative estimate of drug-likeness (QED) is 0.645. The van der Waals surface area contributed by atoms with E-state index in [0.29, 0.717) is 12.1 Å². The van der Waals surface area contributed by atoms with E-state index in [4.69, 9.17) is 9.47 Å². The highest BCUT2D eigenvalue weighted by atomic mass is 16.5. The van der Waals surface area contributed by atoms with Crippen molar-refractivity contribution in [3.05, 3.63) is 65.2 Å². The van der Waals surface area contributed by atoms with Crippen molar-refractivity contribution < 1.29 is 23.9 Å².